The minimum atomic E-state index is 0. The van der Waals surface area contributed by atoms with Crippen molar-refractivity contribution >= 4 is 67.3 Å². The van der Waals surface area contributed by atoms with Crippen LogP contribution in [-0.4, -0.2) is 51.4 Å². The fraction of sp³-hybridized carbons (Fsp3) is 0. The Bertz CT molecular complexity index is 29.5. The van der Waals surface area contributed by atoms with Gasteiger partial charge < -0.3 is 0 Å². The van der Waals surface area contributed by atoms with Crippen molar-refractivity contribution in [2.24, 2.45) is 0 Å². The summed E-state index contributed by atoms with van der Waals surface area (Å²) in [6, 6.07) is 0. The van der Waals surface area contributed by atoms with E-state index in [9.17, 15) is 0 Å². The van der Waals surface area contributed by atoms with Crippen molar-refractivity contribution in [1.29, 1.82) is 5.26 Å². The van der Waals surface area contributed by atoms with Gasteiger partial charge in [-0.25, -0.2) is 0 Å². The van der Waals surface area contributed by atoms with Gasteiger partial charge in [0.25, 0.3) is 0 Å². The molecule has 3 heteroatoms. The van der Waals surface area contributed by atoms with E-state index < -0.39 is 0 Å². The predicted molar refractivity (Wildman–Crippen MR) is 21.7 cm³/mol. The van der Waals surface area contributed by atoms with Gasteiger partial charge in [0, 0.05) is 15.9 Å². The van der Waals surface area contributed by atoms with Crippen LogP contribution in [0.2, 0.25) is 0 Å². The molecule has 0 unspecified atom stereocenters. The topological polar surface area (TPSA) is 23.8 Å². The van der Waals surface area contributed by atoms with E-state index in [2.05, 4.69) is 15.9 Å². The van der Waals surface area contributed by atoms with Crippen LogP contribution in [-0.2, 0) is 0 Å². The van der Waals surface area contributed by atoms with Crippen LogP contribution in [0.1, 0.15) is 0 Å². The zero-order valence-electron chi connectivity index (χ0n) is 1.33. The molecule has 0 radical (unpaired) electrons. The Balaban J connectivity index is 0. The molecule has 0 aliphatic heterocycles. The van der Waals surface area contributed by atoms with Gasteiger partial charge in [0.2, 0.25) is 0 Å². The molecule has 0 aromatic heterocycles. The van der Waals surface area contributed by atoms with Crippen molar-refractivity contribution < 1.29 is 0 Å². The summed E-state index contributed by atoms with van der Waals surface area (Å²) in [4.78, 5) is 1.56. The summed E-state index contributed by atoms with van der Waals surface area (Å²) in [7, 11) is 0. The number of rotatable bonds is 0. The Labute approximate surface area is 75.9 Å². The van der Waals surface area contributed by atoms with Gasteiger partial charge in [-0.05, 0) is 0 Å². The molecule has 0 saturated carbocycles. The molecule has 0 aromatic rings. The molecule has 0 atom stereocenters. The average Bonchev–Trinajstić information content (AvgIpc) is 0.918. The second-order valence-corrected chi connectivity index (χ2v) is 0.439. The SMILES string of the molecule is N#CBr.[KH]. The van der Waals surface area contributed by atoms with Gasteiger partial charge in [-0.15, -0.1) is 0 Å². The maximum atomic E-state index is 7.24. The second-order valence-electron chi connectivity index (χ2n) is 0.0845. The summed E-state index contributed by atoms with van der Waals surface area (Å²) < 4.78 is 0. The van der Waals surface area contributed by atoms with E-state index in [1.165, 1.54) is 0 Å². The number of hydrogen-bond acceptors (Lipinski definition) is 1. The molecule has 4 heavy (non-hydrogen) atoms. The van der Waals surface area contributed by atoms with Crippen molar-refractivity contribution in [2.75, 3.05) is 0 Å². The first-order valence-corrected chi connectivity index (χ1v) is 1.21. The summed E-state index contributed by atoms with van der Waals surface area (Å²) in [5, 5.41) is 7.24. The fourth-order valence-electron chi connectivity index (χ4n) is 0. The molecule has 0 amide bonds. The van der Waals surface area contributed by atoms with Crippen LogP contribution in [0.5, 0.6) is 0 Å². The molecule has 0 aliphatic rings. The standard InChI is InChI=1S/CBrN.K.H/c2-1-3;;. The Morgan fingerprint density at radius 2 is 1.75 bits per heavy atom. The molecule has 0 N–H and O–H groups in total. The number of halogens is 1. The van der Waals surface area contributed by atoms with Gasteiger partial charge in [0.1, 0.15) is 4.98 Å². The van der Waals surface area contributed by atoms with Crippen LogP contribution >= 0.6 is 15.9 Å². The van der Waals surface area contributed by atoms with E-state index in [4.69, 9.17) is 5.26 Å². The molecule has 0 aliphatic carbocycles. The van der Waals surface area contributed by atoms with Crippen LogP contribution < -0.4 is 0 Å². The Kier molecular flexibility index (Phi) is 20.2. The van der Waals surface area contributed by atoms with E-state index in [-0.39, 0.29) is 51.4 Å². The first kappa shape index (κ1) is 9.15. The van der Waals surface area contributed by atoms with Crippen molar-refractivity contribution in [3.63, 3.8) is 0 Å². The van der Waals surface area contributed by atoms with Gasteiger partial charge in [0.15, 0.2) is 0 Å². The minimum absolute atomic E-state index is 0. The zero-order chi connectivity index (χ0) is 2.71. The normalized spacial score (nSPS) is 2.00. The molecular weight excluding hydrogens is 145 g/mol. The maximum absolute atomic E-state index is 7.24. The third-order valence-electron chi connectivity index (χ3n) is 0. The first-order chi connectivity index (χ1) is 1.41. The van der Waals surface area contributed by atoms with Gasteiger partial charge >= 0.3 is 51.4 Å². The summed E-state index contributed by atoms with van der Waals surface area (Å²) in [6.07, 6.45) is 0. The first-order valence-electron chi connectivity index (χ1n) is 0.413. The van der Waals surface area contributed by atoms with Gasteiger partial charge in [-0.2, -0.15) is 5.26 Å². The van der Waals surface area contributed by atoms with Crippen LogP contribution in [0.15, 0.2) is 0 Å². The van der Waals surface area contributed by atoms with Gasteiger partial charge in [-0.1, -0.05) is 0 Å². The molecule has 0 bridgehead atoms. The second kappa shape index (κ2) is 8.82. The molecule has 1 nitrogen and oxygen atoms in total. The Morgan fingerprint density at radius 3 is 1.75 bits per heavy atom. The van der Waals surface area contributed by atoms with Gasteiger partial charge in [0.05, 0.1) is 0 Å². The summed E-state index contributed by atoms with van der Waals surface area (Å²) >= 11 is 2.45. The van der Waals surface area contributed by atoms with Crippen molar-refractivity contribution in [3.05, 3.63) is 0 Å². The quantitative estimate of drug-likeness (QED) is 0.448. The van der Waals surface area contributed by atoms with E-state index in [0.717, 1.165) is 0 Å². The van der Waals surface area contributed by atoms with E-state index in [0.29, 0.717) is 0 Å². The number of nitrogens with zero attached hydrogens (tertiary/aromatic N) is 1. The molecule has 18 valence electrons. The van der Waals surface area contributed by atoms with Crippen molar-refractivity contribution in [2.45, 2.75) is 0 Å². The predicted octanol–water partition coefficient (Wildman–Crippen LogP) is 0.214. The van der Waals surface area contributed by atoms with E-state index in [1.807, 2.05) is 0 Å². The zero-order valence-corrected chi connectivity index (χ0v) is 2.91. The van der Waals surface area contributed by atoms with Crippen LogP contribution in [0.4, 0.5) is 0 Å². The molecule has 0 heterocycles. The third kappa shape index (κ3) is 9.49. The molecule has 0 fully saturated rings. The Morgan fingerprint density at radius 1 is 1.75 bits per heavy atom. The van der Waals surface area contributed by atoms with Crippen molar-refractivity contribution in [1.82, 2.24) is 0 Å². The Hall–Kier alpha value is 1.61. The van der Waals surface area contributed by atoms with Gasteiger partial charge in [-0.3, -0.25) is 0 Å². The monoisotopic (exact) mass is 145 g/mol. The number of nitriles is 1. The van der Waals surface area contributed by atoms with E-state index >= 15 is 0 Å². The molecule has 0 spiro atoms. The van der Waals surface area contributed by atoms with Crippen LogP contribution in [0.25, 0.3) is 0 Å². The molecule has 0 rings (SSSR count). The summed E-state index contributed by atoms with van der Waals surface area (Å²) in [6.45, 7) is 0. The van der Waals surface area contributed by atoms with Crippen LogP contribution in [0, 0.1) is 10.2 Å². The molecular formula is CHBrKN. The average molecular weight is 146 g/mol. The third-order valence-corrected chi connectivity index (χ3v) is 0. The summed E-state index contributed by atoms with van der Waals surface area (Å²) in [5.74, 6) is 0. The summed E-state index contributed by atoms with van der Waals surface area (Å²) in [5.41, 5.74) is 0. The molecule has 0 aromatic carbocycles. The van der Waals surface area contributed by atoms with E-state index in [1.54, 1.807) is 4.98 Å². The number of hydrogen-bond donors (Lipinski definition) is 0. The van der Waals surface area contributed by atoms with Crippen molar-refractivity contribution in [3.8, 4) is 4.98 Å². The van der Waals surface area contributed by atoms with Crippen LogP contribution in [0.3, 0.4) is 0 Å². The fourth-order valence-corrected chi connectivity index (χ4v) is 0. The molecule has 0 saturated heterocycles.